The van der Waals surface area contributed by atoms with Crippen LogP contribution in [0.1, 0.15) is 19.4 Å². The summed E-state index contributed by atoms with van der Waals surface area (Å²) in [7, 11) is 0. The maximum atomic E-state index is 10.8. The highest BCUT2D eigenvalue weighted by Gasteiger charge is 2.41. The second kappa shape index (κ2) is 5.68. The largest absolute Gasteiger partial charge is 0.493 e. The van der Waals surface area contributed by atoms with Gasteiger partial charge in [-0.2, -0.15) is 0 Å². The van der Waals surface area contributed by atoms with Gasteiger partial charge in [0.05, 0.1) is 15.9 Å². The molecule has 0 aliphatic carbocycles. The number of hydrogen-bond acceptors (Lipinski definition) is 3. The molecular weight excluding hydrogens is 444 g/mol. The van der Waals surface area contributed by atoms with E-state index in [4.69, 9.17) is 18.0 Å². The van der Waals surface area contributed by atoms with E-state index < -0.39 is 5.54 Å². The van der Waals surface area contributed by atoms with Gasteiger partial charge in [-0.1, -0.05) is 50.1 Å². The zero-order valence-electron chi connectivity index (χ0n) is 12.4. The van der Waals surface area contributed by atoms with Gasteiger partial charge in [-0.15, -0.1) is 10.2 Å². The van der Waals surface area contributed by atoms with Gasteiger partial charge in [-0.3, -0.25) is 0 Å². The molecule has 8 heteroatoms. The first-order valence-corrected chi connectivity index (χ1v) is 9.07. The van der Waals surface area contributed by atoms with Gasteiger partial charge in [0.25, 0.3) is 0 Å². The fourth-order valence-corrected chi connectivity index (χ4v) is 4.53. The summed E-state index contributed by atoms with van der Waals surface area (Å²) in [5, 5.41) is 19.3. The zero-order chi connectivity index (χ0) is 16.9. The lowest BCUT2D eigenvalue weighted by atomic mass is 9.86. The van der Waals surface area contributed by atoms with Crippen molar-refractivity contribution in [3.05, 3.63) is 28.7 Å². The van der Waals surface area contributed by atoms with Crippen LogP contribution in [0.15, 0.2) is 33.4 Å². The number of allylic oxidation sites excluding steroid dienone is 1. The fraction of sp³-hybridized carbons (Fsp3) is 0.267. The topological polar surface area (TPSA) is 75.9 Å². The van der Waals surface area contributed by atoms with Gasteiger partial charge >= 0.3 is 0 Å². The zero-order valence-corrected chi connectivity index (χ0v) is 16.4. The van der Waals surface area contributed by atoms with E-state index in [0.717, 1.165) is 22.0 Å². The van der Waals surface area contributed by atoms with Crippen LogP contribution < -0.4 is 5.73 Å². The van der Waals surface area contributed by atoms with Gasteiger partial charge in [0.1, 0.15) is 0 Å². The number of aromatic nitrogens is 1. The van der Waals surface area contributed by atoms with Crippen molar-refractivity contribution in [2.75, 3.05) is 0 Å². The minimum atomic E-state index is -0.409. The normalized spacial score (nSPS) is 21.4. The lowest BCUT2D eigenvalue weighted by Crippen LogP contribution is -2.39. The molecule has 5 nitrogen and oxygen atoms in total. The molecule has 1 aliphatic rings. The van der Waals surface area contributed by atoms with Gasteiger partial charge < -0.3 is 15.4 Å². The highest BCUT2D eigenvalue weighted by atomic mass is 79.9. The molecule has 1 aromatic carbocycles. The molecule has 0 saturated carbocycles. The third-order valence-electron chi connectivity index (χ3n) is 4.09. The Morgan fingerprint density at radius 3 is 2.78 bits per heavy atom. The first-order valence-electron chi connectivity index (χ1n) is 6.83. The summed E-state index contributed by atoms with van der Waals surface area (Å²) in [6, 6.07) is 5.85. The molecule has 1 unspecified atom stereocenters. The minimum absolute atomic E-state index is 0.00569. The van der Waals surface area contributed by atoms with Crippen molar-refractivity contribution in [3.8, 4) is 5.88 Å². The Labute approximate surface area is 155 Å². The monoisotopic (exact) mass is 456 g/mol. The van der Waals surface area contributed by atoms with Crippen molar-refractivity contribution < 1.29 is 5.11 Å². The molecule has 0 amide bonds. The number of hydrogen-bond donors (Lipinski definition) is 2. The lowest BCUT2D eigenvalue weighted by Gasteiger charge is -2.39. The standard InChI is InChI=1S/C15H14Br2N4OS/c1-15(2)12(17)9(6-16)7-4-3-5-8-10(19-20-14(18)23)13(22)21(15)11(7)8/h3-6,12,22H,1-2H3,(H2,18,23). The number of thiocarbonyl (C=S) groups is 1. The highest BCUT2D eigenvalue weighted by molar-refractivity contribution is 9.11. The Bertz CT molecular complexity index is 885. The van der Waals surface area contributed by atoms with E-state index in [9.17, 15) is 5.11 Å². The molecule has 2 heterocycles. The number of aromatic hydroxyl groups is 1. The molecule has 0 bridgehead atoms. The number of halogens is 2. The van der Waals surface area contributed by atoms with E-state index in [-0.39, 0.29) is 15.8 Å². The lowest BCUT2D eigenvalue weighted by molar-refractivity contribution is 0.321. The van der Waals surface area contributed by atoms with Gasteiger partial charge in [0.15, 0.2) is 5.69 Å². The molecule has 1 aliphatic heterocycles. The van der Waals surface area contributed by atoms with E-state index in [1.54, 1.807) is 0 Å². The van der Waals surface area contributed by atoms with Crippen LogP contribution in [0, 0.1) is 0 Å². The molecule has 1 aromatic heterocycles. The third-order valence-corrected chi connectivity index (χ3v) is 6.27. The summed E-state index contributed by atoms with van der Waals surface area (Å²) < 4.78 is 1.88. The molecule has 0 saturated heterocycles. The van der Waals surface area contributed by atoms with Crippen LogP contribution in [0.25, 0.3) is 16.5 Å². The first kappa shape index (κ1) is 16.6. The number of azo groups is 1. The predicted molar refractivity (Wildman–Crippen MR) is 104 cm³/mol. The highest BCUT2D eigenvalue weighted by Crippen LogP contribution is 2.52. The van der Waals surface area contributed by atoms with E-state index in [2.05, 4.69) is 42.1 Å². The average Bonchev–Trinajstić information content (AvgIpc) is 2.77. The van der Waals surface area contributed by atoms with E-state index in [0.29, 0.717) is 5.69 Å². The molecule has 0 fully saturated rings. The number of nitrogens with two attached hydrogens (primary N) is 1. The quantitative estimate of drug-likeness (QED) is 0.362. The van der Waals surface area contributed by atoms with Crippen LogP contribution in [-0.2, 0) is 5.54 Å². The first-order chi connectivity index (χ1) is 10.8. The second-order valence-corrected chi connectivity index (χ2v) is 7.62. The van der Waals surface area contributed by atoms with Crippen molar-refractivity contribution in [1.29, 1.82) is 0 Å². The smallest absolute Gasteiger partial charge is 0.221 e. The third kappa shape index (κ3) is 2.35. The maximum absolute atomic E-state index is 10.8. The van der Waals surface area contributed by atoms with Crippen LogP contribution in [0.3, 0.4) is 0 Å². The minimum Gasteiger partial charge on any atom is -0.493 e. The van der Waals surface area contributed by atoms with Crippen molar-refractivity contribution in [3.63, 3.8) is 0 Å². The van der Waals surface area contributed by atoms with Crippen LogP contribution in [0.5, 0.6) is 5.88 Å². The summed E-state index contributed by atoms with van der Waals surface area (Å²) in [4.78, 5) is 1.92. The Morgan fingerprint density at radius 2 is 2.17 bits per heavy atom. The Kier molecular flexibility index (Phi) is 4.10. The molecule has 23 heavy (non-hydrogen) atoms. The molecule has 3 N–H and O–H groups in total. The average molecular weight is 458 g/mol. The van der Waals surface area contributed by atoms with Gasteiger partial charge in [0.2, 0.25) is 11.0 Å². The molecule has 3 rings (SSSR count). The van der Waals surface area contributed by atoms with E-state index in [1.807, 2.05) is 41.6 Å². The van der Waals surface area contributed by atoms with Crippen LogP contribution in [0.2, 0.25) is 0 Å². The molecular formula is C15H14Br2N4OS. The van der Waals surface area contributed by atoms with E-state index in [1.165, 1.54) is 0 Å². The summed E-state index contributed by atoms with van der Waals surface area (Å²) in [5.74, 6) is 0.0514. The number of nitrogens with zero attached hydrogens (tertiary/aromatic N) is 3. The van der Waals surface area contributed by atoms with Crippen LogP contribution >= 0.6 is 44.1 Å². The number of alkyl halides is 1. The second-order valence-electron chi connectivity index (χ2n) is 5.83. The summed E-state index contributed by atoms with van der Waals surface area (Å²) in [6.45, 7) is 4.10. The van der Waals surface area contributed by atoms with Gasteiger partial charge in [-0.05, 0) is 36.6 Å². The van der Waals surface area contributed by atoms with E-state index >= 15 is 0 Å². The van der Waals surface area contributed by atoms with Gasteiger partial charge in [0, 0.05) is 10.9 Å². The molecule has 0 radical (unpaired) electrons. The summed E-state index contributed by atoms with van der Waals surface area (Å²) >= 11 is 11.9. The molecule has 120 valence electrons. The SMILES string of the molecule is CC1(C)C(Br)C(=CBr)c2cccc3c(N=NC(N)=S)c(O)n1c23. The number of rotatable bonds is 1. The Morgan fingerprint density at radius 1 is 1.48 bits per heavy atom. The Hall–Kier alpha value is -1.25. The summed E-state index contributed by atoms with van der Waals surface area (Å²) in [5.41, 5.74) is 8.39. The predicted octanol–water partition coefficient (Wildman–Crippen LogP) is 4.92. The molecule has 2 aromatic rings. The molecule has 0 spiro atoms. The number of para-hydroxylation sites is 1. The van der Waals surface area contributed by atoms with Gasteiger partial charge in [-0.25, -0.2) is 0 Å². The number of benzene rings is 1. The van der Waals surface area contributed by atoms with Crippen molar-refractivity contribution >= 4 is 71.4 Å². The summed E-state index contributed by atoms with van der Waals surface area (Å²) in [6.07, 6.45) is 0. The van der Waals surface area contributed by atoms with Crippen LogP contribution in [-0.4, -0.2) is 19.6 Å². The van der Waals surface area contributed by atoms with Crippen LogP contribution in [0.4, 0.5) is 5.69 Å². The Balaban J connectivity index is 2.46. The van der Waals surface area contributed by atoms with Crippen molar-refractivity contribution in [2.45, 2.75) is 24.2 Å². The van der Waals surface area contributed by atoms with Crippen molar-refractivity contribution in [2.24, 2.45) is 16.0 Å². The molecule has 1 atom stereocenters. The fourth-order valence-electron chi connectivity index (χ4n) is 3.04. The maximum Gasteiger partial charge on any atom is 0.221 e. The van der Waals surface area contributed by atoms with Crippen molar-refractivity contribution in [1.82, 2.24) is 4.57 Å².